The molecule has 0 heterocycles. The Morgan fingerprint density at radius 3 is 2.53 bits per heavy atom. The van der Waals surface area contributed by atoms with Gasteiger partial charge in [-0.05, 0) is 41.3 Å². The molecule has 0 saturated heterocycles. The number of hydrogen-bond acceptors (Lipinski definition) is 2. The van der Waals surface area contributed by atoms with E-state index in [0.29, 0.717) is 6.54 Å². The summed E-state index contributed by atoms with van der Waals surface area (Å²) >= 11 is 0. The average molecular weight is 227 g/mol. The third-order valence-electron chi connectivity index (χ3n) is 2.94. The molecule has 0 amide bonds. The second kappa shape index (κ2) is 5.02. The van der Waals surface area contributed by atoms with Crippen LogP contribution >= 0.6 is 0 Å². The Bertz CT molecular complexity index is 520. The van der Waals surface area contributed by atoms with Crippen LogP contribution in [0.5, 0.6) is 5.75 Å². The van der Waals surface area contributed by atoms with Crippen LogP contribution in [0.4, 0.5) is 0 Å². The Labute approximate surface area is 102 Å². The van der Waals surface area contributed by atoms with E-state index in [9.17, 15) is 0 Å². The highest BCUT2D eigenvalue weighted by Crippen LogP contribution is 2.28. The summed E-state index contributed by atoms with van der Waals surface area (Å²) in [6.45, 7) is 2.61. The van der Waals surface area contributed by atoms with Crippen LogP contribution in [-0.2, 0) is 6.54 Å². The molecule has 0 aliphatic rings. The van der Waals surface area contributed by atoms with Gasteiger partial charge in [0.25, 0.3) is 0 Å². The van der Waals surface area contributed by atoms with Gasteiger partial charge in [-0.3, -0.25) is 0 Å². The molecule has 0 spiro atoms. The number of rotatable bonds is 3. The molecule has 88 valence electrons. The fourth-order valence-corrected chi connectivity index (χ4v) is 2.03. The minimum atomic E-state index is 0.557. The first kappa shape index (κ1) is 11.7. The quantitative estimate of drug-likeness (QED) is 0.874. The van der Waals surface area contributed by atoms with Gasteiger partial charge in [0, 0.05) is 6.54 Å². The molecule has 0 radical (unpaired) electrons. The van der Waals surface area contributed by atoms with Gasteiger partial charge >= 0.3 is 0 Å². The van der Waals surface area contributed by atoms with Crippen LogP contribution in [-0.4, -0.2) is 7.11 Å². The Kier molecular flexibility index (Phi) is 3.45. The largest absolute Gasteiger partial charge is 0.496 e. The monoisotopic (exact) mass is 227 g/mol. The molecule has 0 atom stereocenters. The van der Waals surface area contributed by atoms with Gasteiger partial charge in [-0.15, -0.1) is 0 Å². The molecule has 0 saturated carbocycles. The van der Waals surface area contributed by atoms with E-state index in [1.54, 1.807) is 7.11 Å². The van der Waals surface area contributed by atoms with Crippen molar-refractivity contribution >= 4 is 0 Å². The van der Waals surface area contributed by atoms with Crippen LogP contribution in [0.3, 0.4) is 0 Å². The zero-order valence-corrected chi connectivity index (χ0v) is 10.2. The second-order valence-corrected chi connectivity index (χ2v) is 4.05. The molecule has 2 rings (SSSR count). The van der Waals surface area contributed by atoms with E-state index >= 15 is 0 Å². The normalized spacial score (nSPS) is 10.3. The molecule has 0 fully saturated rings. The van der Waals surface area contributed by atoms with Crippen molar-refractivity contribution in [1.82, 2.24) is 0 Å². The maximum absolute atomic E-state index is 5.76. The number of nitrogens with two attached hydrogens (primary N) is 1. The van der Waals surface area contributed by atoms with Gasteiger partial charge in [0.2, 0.25) is 0 Å². The highest BCUT2D eigenvalue weighted by Gasteiger charge is 2.05. The van der Waals surface area contributed by atoms with Gasteiger partial charge in [-0.1, -0.05) is 30.3 Å². The summed E-state index contributed by atoms with van der Waals surface area (Å²) in [5.74, 6) is 0.916. The fourth-order valence-electron chi connectivity index (χ4n) is 2.03. The molecule has 2 aromatic rings. The van der Waals surface area contributed by atoms with E-state index in [2.05, 4.69) is 24.3 Å². The third-order valence-corrected chi connectivity index (χ3v) is 2.94. The Morgan fingerprint density at radius 1 is 1.12 bits per heavy atom. The summed E-state index contributed by atoms with van der Waals surface area (Å²) in [6, 6.07) is 14.4. The first-order valence-electron chi connectivity index (χ1n) is 5.69. The van der Waals surface area contributed by atoms with Crippen molar-refractivity contribution in [2.75, 3.05) is 7.11 Å². The number of ether oxygens (including phenoxy) is 1. The van der Waals surface area contributed by atoms with Crippen LogP contribution in [0.1, 0.15) is 11.1 Å². The summed E-state index contributed by atoms with van der Waals surface area (Å²) in [6.07, 6.45) is 0. The standard InChI is InChI=1S/C15H17NO/c1-11-9-12(7-8-15(11)17-2)14-6-4-3-5-13(14)10-16/h3-9H,10,16H2,1-2H3. The van der Waals surface area contributed by atoms with Gasteiger partial charge < -0.3 is 10.5 Å². The highest BCUT2D eigenvalue weighted by atomic mass is 16.5. The van der Waals surface area contributed by atoms with Crippen molar-refractivity contribution in [3.8, 4) is 16.9 Å². The van der Waals surface area contributed by atoms with E-state index in [-0.39, 0.29) is 0 Å². The lowest BCUT2D eigenvalue weighted by atomic mass is 9.98. The lowest BCUT2D eigenvalue weighted by molar-refractivity contribution is 0.412. The SMILES string of the molecule is COc1ccc(-c2ccccc2CN)cc1C. The molecule has 17 heavy (non-hydrogen) atoms. The summed E-state index contributed by atoms with van der Waals surface area (Å²) in [4.78, 5) is 0. The van der Waals surface area contributed by atoms with Crippen molar-refractivity contribution < 1.29 is 4.74 Å². The predicted octanol–water partition coefficient (Wildman–Crippen LogP) is 3.13. The summed E-state index contributed by atoms with van der Waals surface area (Å²) in [5, 5.41) is 0. The second-order valence-electron chi connectivity index (χ2n) is 4.05. The zero-order chi connectivity index (χ0) is 12.3. The van der Waals surface area contributed by atoms with Crippen molar-refractivity contribution in [1.29, 1.82) is 0 Å². The van der Waals surface area contributed by atoms with E-state index in [0.717, 1.165) is 16.9 Å². The molecule has 2 heteroatoms. The number of hydrogen-bond donors (Lipinski definition) is 1. The molecule has 0 aliphatic carbocycles. The molecular formula is C15H17NO. The van der Waals surface area contributed by atoms with Crippen LogP contribution in [0.15, 0.2) is 42.5 Å². The predicted molar refractivity (Wildman–Crippen MR) is 71.1 cm³/mol. The summed E-state index contributed by atoms with van der Waals surface area (Å²) < 4.78 is 5.27. The third kappa shape index (κ3) is 2.32. The van der Waals surface area contributed by atoms with Crippen molar-refractivity contribution in [2.24, 2.45) is 5.73 Å². The van der Waals surface area contributed by atoms with Gasteiger partial charge in [0.05, 0.1) is 7.11 Å². The first-order valence-corrected chi connectivity index (χ1v) is 5.69. The first-order chi connectivity index (χ1) is 8.26. The van der Waals surface area contributed by atoms with Crippen LogP contribution in [0, 0.1) is 6.92 Å². The summed E-state index contributed by atoms with van der Waals surface area (Å²) in [7, 11) is 1.69. The van der Waals surface area contributed by atoms with Crippen LogP contribution < -0.4 is 10.5 Å². The van der Waals surface area contributed by atoms with E-state index in [1.807, 2.05) is 25.1 Å². The maximum Gasteiger partial charge on any atom is 0.121 e. The molecule has 0 bridgehead atoms. The molecule has 0 aromatic heterocycles. The van der Waals surface area contributed by atoms with Crippen LogP contribution in [0.2, 0.25) is 0 Å². The number of benzene rings is 2. The molecule has 0 aliphatic heterocycles. The molecule has 0 unspecified atom stereocenters. The lowest BCUT2D eigenvalue weighted by Crippen LogP contribution is -1.98. The van der Waals surface area contributed by atoms with Gasteiger partial charge in [-0.2, -0.15) is 0 Å². The highest BCUT2D eigenvalue weighted by molar-refractivity contribution is 5.69. The van der Waals surface area contributed by atoms with Gasteiger partial charge in [-0.25, -0.2) is 0 Å². The Balaban J connectivity index is 2.49. The molecule has 2 N–H and O–H groups in total. The van der Waals surface area contributed by atoms with E-state index in [1.165, 1.54) is 11.1 Å². The Morgan fingerprint density at radius 2 is 1.88 bits per heavy atom. The zero-order valence-electron chi connectivity index (χ0n) is 10.2. The maximum atomic E-state index is 5.76. The molecular weight excluding hydrogens is 210 g/mol. The van der Waals surface area contributed by atoms with Gasteiger partial charge in [0.15, 0.2) is 0 Å². The topological polar surface area (TPSA) is 35.2 Å². The van der Waals surface area contributed by atoms with Crippen molar-refractivity contribution in [3.63, 3.8) is 0 Å². The average Bonchev–Trinajstić information content (AvgIpc) is 2.38. The Hall–Kier alpha value is -1.80. The van der Waals surface area contributed by atoms with Crippen molar-refractivity contribution in [3.05, 3.63) is 53.6 Å². The number of methoxy groups -OCH3 is 1. The number of aryl methyl sites for hydroxylation is 1. The van der Waals surface area contributed by atoms with E-state index in [4.69, 9.17) is 10.5 Å². The lowest BCUT2D eigenvalue weighted by Gasteiger charge is -2.10. The smallest absolute Gasteiger partial charge is 0.121 e. The van der Waals surface area contributed by atoms with Gasteiger partial charge in [0.1, 0.15) is 5.75 Å². The minimum Gasteiger partial charge on any atom is -0.496 e. The molecule has 2 aromatic carbocycles. The van der Waals surface area contributed by atoms with Crippen molar-refractivity contribution in [2.45, 2.75) is 13.5 Å². The fraction of sp³-hybridized carbons (Fsp3) is 0.200. The minimum absolute atomic E-state index is 0.557. The van der Waals surface area contributed by atoms with E-state index < -0.39 is 0 Å². The summed E-state index contributed by atoms with van der Waals surface area (Å²) in [5.41, 5.74) is 10.4. The van der Waals surface area contributed by atoms with Crippen LogP contribution in [0.25, 0.3) is 11.1 Å². The molecule has 2 nitrogen and oxygen atoms in total.